The van der Waals surface area contributed by atoms with Gasteiger partial charge in [-0.2, -0.15) is 0 Å². The van der Waals surface area contributed by atoms with E-state index < -0.39 is 29.3 Å². The first-order valence-electron chi connectivity index (χ1n) is 3.90. The molecule has 0 spiro atoms. The molecule has 1 unspecified atom stereocenters. The topological polar surface area (TPSA) is 69.0 Å². The Morgan fingerprint density at radius 2 is 2.07 bits per heavy atom. The molecule has 15 heavy (non-hydrogen) atoms. The zero-order valence-corrected chi connectivity index (χ0v) is 8.12. The van der Waals surface area contributed by atoms with Crippen LogP contribution < -0.4 is 0 Å². The van der Waals surface area contributed by atoms with Gasteiger partial charge in [0, 0.05) is 10.5 Å². The molecule has 1 aromatic rings. The Kier molecular flexibility index (Phi) is 3.85. The fraction of sp³-hybridized carbons (Fsp3) is 0.250. The predicted molar refractivity (Wildman–Crippen MR) is 50.3 cm³/mol. The van der Waals surface area contributed by atoms with Crippen LogP contribution in [0, 0.1) is 11.6 Å². The van der Waals surface area contributed by atoms with E-state index in [-0.39, 0.29) is 5.56 Å². The Balaban J connectivity index is 3.33. The molecule has 0 heterocycles. The molecule has 0 bridgehead atoms. The van der Waals surface area contributed by atoms with Gasteiger partial charge in [0.2, 0.25) is 0 Å². The third-order valence-electron chi connectivity index (χ3n) is 1.78. The first-order valence-corrected chi connectivity index (χ1v) is 4.28. The first kappa shape index (κ1) is 11.7. The number of aliphatic hydroxyl groups is 1. The molecular formula is C8H6ClF2N3O. The highest BCUT2D eigenvalue weighted by molar-refractivity contribution is 6.31. The van der Waals surface area contributed by atoms with Gasteiger partial charge in [-0.15, -0.1) is 0 Å². The molecule has 4 nitrogen and oxygen atoms in total. The lowest BCUT2D eigenvalue weighted by molar-refractivity contribution is 0.265. The molecule has 0 fully saturated rings. The minimum Gasteiger partial charge on any atom is -0.396 e. The third-order valence-corrected chi connectivity index (χ3v) is 2.16. The average molecular weight is 234 g/mol. The van der Waals surface area contributed by atoms with Crippen molar-refractivity contribution < 1.29 is 13.9 Å². The Morgan fingerprint density at radius 3 is 2.60 bits per heavy atom. The van der Waals surface area contributed by atoms with Crippen LogP contribution in [-0.2, 0) is 0 Å². The van der Waals surface area contributed by atoms with Gasteiger partial charge in [0.15, 0.2) is 0 Å². The number of hydrogen-bond acceptors (Lipinski definition) is 2. The van der Waals surface area contributed by atoms with Crippen LogP contribution in [0.25, 0.3) is 10.4 Å². The third kappa shape index (κ3) is 2.36. The Morgan fingerprint density at radius 1 is 1.47 bits per heavy atom. The van der Waals surface area contributed by atoms with Gasteiger partial charge in [-0.05, 0) is 17.7 Å². The van der Waals surface area contributed by atoms with Gasteiger partial charge in [0.1, 0.15) is 11.6 Å². The predicted octanol–water partition coefficient (Wildman–Crippen LogP) is 2.96. The van der Waals surface area contributed by atoms with Gasteiger partial charge in [-0.25, -0.2) is 8.78 Å². The second kappa shape index (κ2) is 4.93. The van der Waals surface area contributed by atoms with Crippen LogP contribution in [0.3, 0.4) is 0 Å². The second-order valence-corrected chi connectivity index (χ2v) is 3.04. The van der Waals surface area contributed by atoms with Crippen LogP contribution in [0.4, 0.5) is 8.78 Å². The highest BCUT2D eigenvalue weighted by atomic mass is 35.5. The van der Waals surface area contributed by atoms with E-state index in [2.05, 4.69) is 10.0 Å². The van der Waals surface area contributed by atoms with Crippen molar-refractivity contribution in [1.82, 2.24) is 0 Å². The van der Waals surface area contributed by atoms with E-state index in [1.807, 2.05) is 0 Å². The standard InChI is InChI=1S/C8H6ClF2N3O/c9-8-5(11)2-1-4(10)7(8)6(3-15)13-14-12/h1-2,6,15H,3H2. The van der Waals surface area contributed by atoms with E-state index in [1.54, 1.807) is 0 Å². The molecule has 0 radical (unpaired) electrons. The number of hydrogen-bond donors (Lipinski definition) is 1. The molecule has 7 heteroatoms. The molecule has 1 aromatic carbocycles. The summed E-state index contributed by atoms with van der Waals surface area (Å²) >= 11 is 5.50. The molecule has 0 saturated carbocycles. The van der Waals surface area contributed by atoms with Crippen molar-refractivity contribution in [3.63, 3.8) is 0 Å². The number of aliphatic hydroxyl groups excluding tert-OH is 1. The lowest BCUT2D eigenvalue weighted by atomic mass is 10.1. The van der Waals surface area contributed by atoms with Crippen molar-refractivity contribution in [2.75, 3.05) is 6.61 Å². The lowest BCUT2D eigenvalue weighted by Crippen LogP contribution is -2.05. The van der Waals surface area contributed by atoms with Crippen LogP contribution in [0.5, 0.6) is 0 Å². The van der Waals surface area contributed by atoms with Gasteiger partial charge >= 0.3 is 0 Å². The molecule has 0 aromatic heterocycles. The summed E-state index contributed by atoms with van der Waals surface area (Å²) in [6.07, 6.45) is 0. The Labute approximate surface area is 88.7 Å². The summed E-state index contributed by atoms with van der Waals surface area (Å²) in [5.41, 5.74) is 7.83. The van der Waals surface area contributed by atoms with E-state index in [1.165, 1.54) is 0 Å². The summed E-state index contributed by atoms with van der Waals surface area (Å²) in [5.74, 6) is -1.66. The summed E-state index contributed by atoms with van der Waals surface area (Å²) < 4.78 is 26.2. The number of halogens is 3. The Hall–Kier alpha value is -1.36. The van der Waals surface area contributed by atoms with E-state index in [0.717, 1.165) is 12.1 Å². The largest absolute Gasteiger partial charge is 0.396 e. The fourth-order valence-corrected chi connectivity index (χ4v) is 1.38. The highest BCUT2D eigenvalue weighted by Crippen LogP contribution is 2.30. The second-order valence-electron chi connectivity index (χ2n) is 2.66. The quantitative estimate of drug-likeness (QED) is 0.371. The first-order chi connectivity index (χ1) is 7.11. The maximum absolute atomic E-state index is 13.2. The molecule has 0 amide bonds. The number of azide groups is 1. The van der Waals surface area contributed by atoms with Crippen LogP contribution >= 0.6 is 11.6 Å². The summed E-state index contributed by atoms with van der Waals surface area (Å²) in [4.78, 5) is 2.41. The molecule has 0 aliphatic carbocycles. The van der Waals surface area contributed by atoms with Gasteiger partial charge in [-0.3, -0.25) is 0 Å². The average Bonchev–Trinajstić information content (AvgIpc) is 2.22. The minimum atomic E-state index is -1.22. The monoisotopic (exact) mass is 233 g/mol. The summed E-state index contributed by atoms with van der Waals surface area (Å²) in [5, 5.41) is 11.5. The van der Waals surface area contributed by atoms with Crippen LogP contribution in [0.2, 0.25) is 5.02 Å². The molecule has 0 saturated heterocycles. The van der Waals surface area contributed by atoms with Crippen LogP contribution in [0.1, 0.15) is 11.6 Å². The van der Waals surface area contributed by atoms with E-state index in [4.69, 9.17) is 22.2 Å². The number of nitrogens with zero attached hydrogens (tertiary/aromatic N) is 3. The van der Waals surface area contributed by atoms with E-state index in [0.29, 0.717) is 0 Å². The molecule has 80 valence electrons. The SMILES string of the molecule is [N-]=[N+]=NC(CO)c1c(F)ccc(F)c1Cl. The van der Waals surface area contributed by atoms with Gasteiger partial charge in [-0.1, -0.05) is 16.7 Å². The maximum atomic E-state index is 13.2. The van der Waals surface area contributed by atoms with Crippen molar-refractivity contribution in [3.05, 3.63) is 44.8 Å². The molecular weight excluding hydrogens is 228 g/mol. The van der Waals surface area contributed by atoms with E-state index in [9.17, 15) is 8.78 Å². The normalized spacial score (nSPS) is 12.0. The molecule has 1 atom stereocenters. The molecule has 0 aliphatic heterocycles. The van der Waals surface area contributed by atoms with Crippen molar-refractivity contribution in [3.8, 4) is 0 Å². The minimum absolute atomic E-state index is 0.336. The fourth-order valence-electron chi connectivity index (χ4n) is 1.10. The summed E-state index contributed by atoms with van der Waals surface area (Å²) in [7, 11) is 0. The molecule has 0 aliphatic rings. The van der Waals surface area contributed by atoms with Crippen molar-refractivity contribution >= 4 is 11.6 Å². The van der Waals surface area contributed by atoms with Gasteiger partial charge in [0.25, 0.3) is 0 Å². The van der Waals surface area contributed by atoms with Gasteiger partial charge < -0.3 is 5.11 Å². The van der Waals surface area contributed by atoms with Crippen molar-refractivity contribution in [1.29, 1.82) is 0 Å². The van der Waals surface area contributed by atoms with Crippen molar-refractivity contribution in [2.45, 2.75) is 6.04 Å². The molecule has 1 rings (SSSR count). The summed E-state index contributed by atoms with van der Waals surface area (Å²) in [6.45, 7) is -0.649. The van der Waals surface area contributed by atoms with Crippen molar-refractivity contribution in [2.24, 2.45) is 5.11 Å². The highest BCUT2D eigenvalue weighted by Gasteiger charge is 2.19. The number of benzene rings is 1. The smallest absolute Gasteiger partial charge is 0.142 e. The summed E-state index contributed by atoms with van der Waals surface area (Å²) in [6, 6.07) is 0.482. The van der Waals surface area contributed by atoms with Crippen LogP contribution in [-0.4, -0.2) is 11.7 Å². The van der Waals surface area contributed by atoms with E-state index >= 15 is 0 Å². The number of rotatable bonds is 3. The molecule has 1 N–H and O–H groups in total. The van der Waals surface area contributed by atoms with Gasteiger partial charge in [0.05, 0.1) is 17.7 Å². The zero-order valence-electron chi connectivity index (χ0n) is 7.36. The van der Waals surface area contributed by atoms with Crippen LogP contribution in [0.15, 0.2) is 17.2 Å². The Bertz CT molecular complexity index is 421. The lowest BCUT2D eigenvalue weighted by Gasteiger charge is -2.11. The maximum Gasteiger partial charge on any atom is 0.142 e. The zero-order chi connectivity index (χ0) is 11.4.